The maximum atomic E-state index is 13.4. The predicted octanol–water partition coefficient (Wildman–Crippen LogP) is 3.14. The van der Waals surface area contributed by atoms with Crippen LogP contribution in [0, 0.1) is 18.6 Å². The van der Waals surface area contributed by atoms with Gasteiger partial charge >= 0.3 is 0 Å². The summed E-state index contributed by atoms with van der Waals surface area (Å²) < 4.78 is 31.4. The number of hydrogen-bond donors (Lipinski definition) is 1. The van der Waals surface area contributed by atoms with Gasteiger partial charge in [0, 0.05) is 12.0 Å². The molecule has 2 aromatic rings. The molecule has 0 saturated carbocycles. The molecule has 0 fully saturated rings. The van der Waals surface area contributed by atoms with Crippen molar-refractivity contribution in [3.8, 4) is 0 Å². The first kappa shape index (κ1) is 11.8. The van der Waals surface area contributed by atoms with Crippen molar-refractivity contribution in [2.75, 3.05) is 0 Å². The quantitative estimate of drug-likeness (QED) is 0.891. The summed E-state index contributed by atoms with van der Waals surface area (Å²) in [6, 6.07) is 5.59. The number of hydrogen-bond acceptors (Lipinski definition) is 2. The van der Waals surface area contributed by atoms with E-state index in [2.05, 4.69) is 0 Å². The van der Waals surface area contributed by atoms with Crippen LogP contribution in [0.4, 0.5) is 8.78 Å². The summed E-state index contributed by atoms with van der Waals surface area (Å²) in [5, 5.41) is 9.85. The van der Waals surface area contributed by atoms with Gasteiger partial charge in [0.25, 0.3) is 0 Å². The first-order valence-corrected chi connectivity index (χ1v) is 5.24. The molecule has 1 unspecified atom stereocenters. The monoisotopic (exact) mass is 238 g/mol. The highest BCUT2D eigenvalue weighted by molar-refractivity contribution is 5.23. The average Bonchev–Trinajstić information content (AvgIpc) is 2.72. The molecule has 0 saturated heterocycles. The Morgan fingerprint density at radius 2 is 2.12 bits per heavy atom. The second-order valence-corrected chi connectivity index (χ2v) is 3.92. The Hall–Kier alpha value is -1.68. The van der Waals surface area contributed by atoms with E-state index in [1.54, 1.807) is 13.0 Å². The summed E-state index contributed by atoms with van der Waals surface area (Å²) >= 11 is 0. The summed E-state index contributed by atoms with van der Waals surface area (Å²) in [4.78, 5) is 0. The van der Waals surface area contributed by atoms with E-state index in [1.165, 1.54) is 18.4 Å². The van der Waals surface area contributed by atoms with Crippen molar-refractivity contribution in [3.05, 3.63) is 59.1 Å². The van der Waals surface area contributed by atoms with Crippen LogP contribution in [0.25, 0.3) is 0 Å². The molecule has 0 aliphatic carbocycles. The van der Waals surface area contributed by atoms with E-state index in [1.807, 2.05) is 0 Å². The maximum Gasteiger partial charge on any atom is 0.162 e. The molecule has 0 aliphatic heterocycles. The van der Waals surface area contributed by atoms with E-state index in [0.717, 1.165) is 6.07 Å². The second-order valence-electron chi connectivity index (χ2n) is 3.92. The number of rotatable bonds is 3. The van der Waals surface area contributed by atoms with E-state index in [9.17, 15) is 13.9 Å². The van der Waals surface area contributed by atoms with Crippen molar-refractivity contribution in [3.63, 3.8) is 0 Å². The first-order valence-electron chi connectivity index (χ1n) is 5.24. The van der Waals surface area contributed by atoms with E-state index in [0.29, 0.717) is 11.3 Å². The molecule has 1 N–H and O–H groups in total. The van der Waals surface area contributed by atoms with Crippen LogP contribution in [0.15, 0.2) is 34.9 Å². The van der Waals surface area contributed by atoms with Gasteiger partial charge in [0.2, 0.25) is 0 Å². The Morgan fingerprint density at radius 3 is 2.76 bits per heavy atom. The van der Waals surface area contributed by atoms with E-state index >= 15 is 0 Å². The zero-order valence-corrected chi connectivity index (χ0v) is 9.28. The highest BCUT2D eigenvalue weighted by Crippen LogP contribution is 2.22. The molecule has 17 heavy (non-hydrogen) atoms. The normalized spacial score (nSPS) is 12.7. The fraction of sp³-hybridized carbons (Fsp3) is 0.231. The summed E-state index contributed by atoms with van der Waals surface area (Å²) in [6.07, 6.45) is 0.531. The Morgan fingerprint density at radius 1 is 1.35 bits per heavy atom. The van der Waals surface area contributed by atoms with Gasteiger partial charge in [0.1, 0.15) is 5.76 Å². The number of benzene rings is 1. The topological polar surface area (TPSA) is 33.4 Å². The molecule has 1 atom stereocenters. The van der Waals surface area contributed by atoms with Crippen LogP contribution in [0.3, 0.4) is 0 Å². The summed E-state index contributed by atoms with van der Waals surface area (Å²) in [5.74, 6) is -1.15. The highest BCUT2D eigenvalue weighted by Gasteiger charge is 2.15. The molecule has 0 spiro atoms. The lowest BCUT2D eigenvalue weighted by atomic mass is 10.0. The van der Waals surface area contributed by atoms with Gasteiger partial charge in [-0.25, -0.2) is 8.78 Å². The van der Waals surface area contributed by atoms with Crippen molar-refractivity contribution in [2.45, 2.75) is 19.4 Å². The van der Waals surface area contributed by atoms with E-state index in [4.69, 9.17) is 4.42 Å². The maximum absolute atomic E-state index is 13.4. The number of aryl methyl sites for hydroxylation is 1. The van der Waals surface area contributed by atoms with Crippen molar-refractivity contribution in [1.82, 2.24) is 0 Å². The first-order chi connectivity index (χ1) is 8.08. The average molecular weight is 238 g/mol. The Bertz CT molecular complexity index is 520. The number of aliphatic hydroxyl groups excluding tert-OH is 1. The van der Waals surface area contributed by atoms with Crippen LogP contribution in [0.2, 0.25) is 0 Å². The van der Waals surface area contributed by atoms with E-state index < -0.39 is 17.7 Å². The SMILES string of the molecule is Cc1cc(C(O)Cc2cccc(F)c2F)co1. The van der Waals surface area contributed by atoms with Crippen LogP contribution >= 0.6 is 0 Å². The van der Waals surface area contributed by atoms with Gasteiger partial charge < -0.3 is 9.52 Å². The molecular weight excluding hydrogens is 226 g/mol. The minimum absolute atomic E-state index is 0.0164. The lowest BCUT2D eigenvalue weighted by molar-refractivity contribution is 0.176. The molecule has 2 rings (SSSR count). The standard InChI is InChI=1S/C13H12F2O2/c1-8-5-10(7-17-8)12(16)6-9-3-2-4-11(14)13(9)15/h2-5,7,12,16H,6H2,1H3. The van der Waals surface area contributed by atoms with Gasteiger partial charge in [0.15, 0.2) is 11.6 Å². The Labute approximate surface area is 97.5 Å². The third-order valence-electron chi connectivity index (χ3n) is 2.58. The van der Waals surface area contributed by atoms with Crippen LogP contribution in [0.5, 0.6) is 0 Å². The van der Waals surface area contributed by atoms with Crippen molar-refractivity contribution >= 4 is 0 Å². The molecule has 0 aliphatic rings. The predicted molar refractivity (Wildman–Crippen MR) is 58.5 cm³/mol. The Balaban J connectivity index is 2.18. The molecular formula is C13H12F2O2. The van der Waals surface area contributed by atoms with E-state index in [-0.39, 0.29) is 12.0 Å². The van der Waals surface area contributed by atoms with Crippen molar-refractivity contribution in [1.29, 1.82) is 0 Å². The highest BCUT2D eigenvalue weighted by atomic mass is 19.2. The molecule has 0 amide bonds. The lowest BCUT2D eigenvalue weighted by Crippen LogP contribution is -2.03. The minimum atomic E-state index is -0.910. The molecule has 2 nitrogen and oxygen atoms in total. The molecule has 1 heterocycles. The van der Waals surface area contributed by atoms with Gasteiger partial charge in [-0.05, 0) is 24.6 Å². The molecule has 1 aromatic carbocycles. The zero-order valence-electron chi connectivity index (χ0n) is 9.28. The van der Waals surface area contributed by atoms with Crippen LogP contribution < -0.4 is 0 Å². The number of halogens is 2. The van der Waals surface area contributed by atoms with Crippen LogP contribution in [-0.4, -0.2) is 5.11 Å². The third-order valence-corrected chi connectivity index (χ3v) is 2.58. The van der Waals surface area contributed by atoms with Crippen LogP contribution in [-0.2, 0) is 6.42 Å². The molecule has 0 bridgehead atoms. The fourth-order valence-electron chi connectivity index (χ4n) is 1.67. The largest absolute Gasteiger partial charge is 0.469 e. The number of furan rings is 1. The van der Waals surface area contributed by atoms with Gasteiger partial charge in [-0.2, -0.15) is 0 Å². The molecule has 1 aromatic heterocycles. The Kier molecular flexibility index (Phi) is 3.24. The summed E-state index contributed by atoms with van der Waals surface area (Å²) in [6.45, 7) is 1.75. The second kappa shape index (κ2) is 4.67. The lowest BCUT2D eigenvalue weighted by Gasteiger charge is -2.09. The molecule has 4 heteroatoms. The molecule has 0 radical (unpaired) electrons. The van der Waals surface area contributed by atoms with Crippen molar-refractivity contribution < 1.29 is 18.3 Å². The number of aliphatic hydroxyl groups is 1. The summed E-state index contributed by atoms with van der Waals surface area (Å²) in [5.41, 5.74) is 0.711. The van der Waals surface area contributed by atoms with Gasteiger partial charge in [-0.3, -0.25) is 0 Å². The molecule has 90 valence electrons. The van der Waals surface area contributed by atoms with Gasteiger partial charge in [-0.15, -0.1) is 0 Å². The minimum Gasteiger partial charge on any atom is -0.469 e. The van der Waals surface area contributed by atoms with Crippen molar-refractivity contribution in [2.24, 2.45) is 0 Å². The van der Waals surface area contributed by atoms with Gasteiger partial charge in [0.05, 0.1) is 12.4 Å². The fourth-order valence-corrected chi connectivity index (χ4v) is 1.67. The van der Waals surface area contributed by atoms with Gasteiger partial charge in [-0.1, -0.05) is 12.1 Å². The smallest absolute Gasteiger partial charge is 0.162 e. The van der Waals surface area contributed by atoms with Crippen LogP contribution in [0.1, 0.15) is 23.0 Å². The summed E-state index contributed by atoms with van der Waals surface area (Å²) in [7, 11) is 0. The zero-order chi connectivity index (χ0) is 12.4. The third kappa shape index (κ3) is 2.53.